The van der Waals surface area contributed by atoms with Crippen molar-refractivity contribution in [3.8, 4) is 0 Å². The van der Waals surface area contributed by atoms with Crippen LogP contribution in [0.1, 0.15) is 24.0 Å². The Bertz CT molecular complexity index is 317. The molecule has 2 N–H and O–H groups in total. The Labute approximate surface area is 90.1 Å². The van der Waals surface area contributed by atoms with E-state index in [-0.39, 0.29) is 5.41 Å². The third-order valence-electron chi connectivity index (χ3n) is 3.09. The number of benzene rings is 1. The molecule has 0 saturated heterocycles. The molecule has 0 radical (unpaired) electrons. The van der Waals surface area contributed by atoms with E-state index in [1.165, 1.54) is 24.0 Å². The minimum Gasteiger partial charge on any atom is -0.380 e. The molecule has 0 amide bonds. The highest BCUT2D eigenvalue weighted by molar-refractivity contribution is 5.33. The average molecular weight is 207 g/mol. The van der Waals surface area contributed by atoms with Gasteiger partial charge in [-0.1, -0.05) is 24.3 Å². The molecule has 0 aliphatic heterocycles. The van der Waals surface area contributed by atoms with Crippen LogP contribution in [0.4, 0.5) is 0 Å². The quantitative estimate of drug-likeness (QED) is 0.748. The third kappa shape index (κ3) is 2.20. The number of rotatable bonds is 5. The molecule has 0 spiro atoms. The molecule has 0 aromatic heterocycles. The van der Waals surface area contributed by atoms with E-state index in [1.54, 1.807) is 7.11 Å². The second-order valence-electron chi connectivity index (χ2n) is 4.22. The molecule has 0 bridgehead atoms. The van der Waals surface area contributed by atoms with E-state index in [2.05, 4.69) is 24.3 Å². The van der Waals surface area contributed by atoms with Gasteiger partial charge in [-0.3, -0.25) is 0 Å². The van der Waals surface area contributed by atoms with Gasteiger partial charge < -0.3 is 9.57 Å². The highest BCUT2D eigenvalue weighted by atomic mass is 16.6. The maximum atomic E-state index is 5.15. The summed E-state index contributed by atoms with van der Waals surface area (Å²) in [6.45, 7) is 1.29. The van der Waals surface area contributed by atoms with Gasteiger partial charge in [0.05, 0.1) is 13.2 Å². The van der Waals surface area contributed by atoms with Crippen LogP contribution in [-0.4, -0.2) is 13.7 Å². The Balaban J connectivity index is 2.10. The lowest BCUT2D eigenvalue weighted by Gasteiger charge is -2.14. The van der Waals surface area contributed by atoms with Crippen LogP contribution in [-0.2, 0) is 21.6 Å². The Kier molecular flexibility index (Phi) is 3.05. The predicted molar refractivity (Wildman–Crippen MR) is 58.2 cm³/mol. The van der Waals surface area contributed by atoms with Crippen LogP contribution < -0.4 is 5.90 Å². The topological polar surface area (TPSA) is 44.5 Å². The summed E-state index contributed by atoms with van der Waals surface area (Å²) >= 11 is 0. The van der Waals surface area contributed by atoms with Crippen molar-refractivity contribution in [1.29, 1.82) is 0 Å². The summed E-state index contributed by atoms with van der Waals surface area (Å²) in [5.41, 5.74) is 2.72. The molecule has 1 saturated carbocycles. The number of methoxy groups -OCH3 is 1. The maximum absolute atomic E-state index is 5.15. The number of nitrogens with two attached hydrogens (primary N) is 1. The normalized spacial score (nSPS) is 17.7. The zero-order chi connectivity index (χ0) is 10.7. The molecule has 2 rings (SSSR count). The number of hydrogen-bond donors (Lipinski definition) is 1. The van der Waals surface area contributed by atoms with Gasteiger partial charge in [-0.15, -0.1) is 0 Å². The molecule has 3 heteroatoms. The highest BCUT2D eigenvalue weighted by Gasteiger charge is 2.44. The van der Waals surface area contributed by atoms with Gasteiger partial charge in [-0.25, -0.2) is 5.90 Å². The van der Waals surface area contributed by atoms with Gasteiger partial charge in [0.15, 0.2) is 0 Å². The van der Waals surface area contributed by atoms with Crippen LogP contribution in [0.15, 0.2) is 24.3 Å². The summed E-state index contributed by atoms with van der Waals surface area (Å²) < 4.78 is 5.07. The first kappa shape index (κ1) is 10.6. The minimum absolute atomic E-state index is 0.195. The smallest absolute Gasteiger partial charge is 0.0775 e. The minimum atomic E-state index is 0.195. The lowest BCUT2D eigenvalue weighted by atomic mass is 9.96. The van der Waals surface area contributed by atoms with E-state index in [0.717, 1.165) is 0 Å². The van der Waals surface area contributed by atoms with Crippen LogP contribution in [0.3, 0.4) is 0 Å². The number of hydrogen-bond acceptors (Lipinski definition) is 3. The first-order chi connectivity index (χ1) is 7.30. The van der Waals surface area contributed by atoms with E-state index in [1.807, 2.05) is 0 Å². The van der Waals surface area contributed by atoms with Crippen LogP contribution in [0.5, 0.6) is 0 Å². The highest BCUT2D eigenvalue weighted by Crippen LogP contribution is 2.48. The summed E-state index contributed by atoms with van der Waals surface area (Å²) in [6.07, 6.45) is 2.35. The molecular formula is C12H17NO2. The molecule has 0 atom stereocenters. The van der Waals surface area contributed by atoms with Crippen LogP contribution in [0, 0.1) is 0 Å². The van der Waals surface area contributed by atoms with E-state index in [0.29, 0.717) is 13.2 Å². The van der Waals surface area contributed by atoms with Crippen molar-refractivity contribution >= 4 is 0 Å². The summed E-state index contributed by atoms with van der Waals surface area (Å²) in [7, 11) is 1.71. The molecule has 3 nitrogen and oxygen atoms in total. The fourth-order valence-corrected chi connectivity index (χ4v) is 1.95. The van der Waals surface area contributed by atoms with E-state index in [9.17, 15) is 0 Å². The fourth-order valence-electron chi connectivity index (χ4n) is 1.95. The Morgan fingerprint density at radius 2 is 1.93 bits per heavy atom. The number of ether oxygens (including phenoxy) is 1. The zero-order valence-electron chi connectivity index (χ0n) is 9.03. The molecule has 1 aliphatic rings. The molecular weight excluding hydrogens is 190 g/mol. The standard InChI is InChI=1S/C12H17NO2/c1-14-8-10-2-4-11(5-3-10)12(6-7-12)9-15-13/h2-5H,6-9,13H2,1H3. The van der Waals surface area contributed by atoms with Gasteiger partial charge in [0.1, 0.15) is 0 Å². The SMILES string of the molecule is COCc1ccc(C2(CON)CC2)cc1. The lowest BCUT2D eigenvalue weighted by Crippen LogP contribution is -2.17. The van der Waals surface area contributed by atoms with Crippen LogP contribution >= 0.6 is 0 Å². The van der Waals surface area contributed by atoms with Crippen LogP contribution in [0.2, 0.25) is 0 Å². The Morgan fingerprint density at radius 1 is 1.27 bits per heavy atom. The largest absolute Gasteiger partial charge is 0.380 e. The second kappa shape index (κ2) is 4.31. The average Bonchev–Trinajstić information content (AvgIpc) is 3.01. The van der Waals surface area contributed by atoms with Crippen molar-refractivity contribution in [3.05, 3.63) is 35.4 Å². The van der Waals surface area contributed by atoms with Crippen LogP contribution in [0.25, 0.3) is 0 Å². The van der Waals surface area contributed by atoms with Gasteiger partial charge in [0.25, 0.3) is 0 Å². The van der Waals surface area contributed by atoms with Crippen molar-refractivity contribution in [2.75, 3.05) is 13.7 Å². The molecule has 0 heterocycles. The molecule has 82 valence electrons. The second-order valence-corrected chi connectivity index (χ2v) is 4.22. The lowest BCUT2D eigenvalue weighted by molar-refractivity contribution is 0.116. The van der Waals surface area contributed by atoms with E-state index < -0.39 is 0 Å². The molecule has 1 aromatic carbocycles. The van der Waals surface area contributed by atoms with Crippen molar-refractivity contribution in [2.45, 2.75) is 24.9 Å². The van der Waals surface area contributed by atoms with Gasteiger partial charge in [0.2, 0.25) is 0 Å². The van der Waals surface area contributed by atoms with Gasteiger partial charge in [-0.2, -0.15) is 0 Å². The summed E-state index contributed by atoms with van der Waals surface area (Å²) in [4.78, 5) is 4.78. The van der Waals surface area contributed by atoms with Crippen molar-refractivity contribution in [2.24, 2.45) is 5.90 Å². The summed E-state index contributed by atoms with van der Waals surface area (Å²) in [6, 6.07) is 8.52. The maximum Gasteiger partial charge on any atom is 0.0775 e. The zero-order valence-corrected chi connectivity index (χ0v) is 9.03. The molecule has 0 unspecified atom stereocenters. The first-order valence-corrected chi connectivity index (χ1v) is 5.21. The van der Waals surface area contributed by atoms with Gasteiger partial charge >= 0.3 is 0 Å². The molecule has 15 heavy (non-hydrogen) atoms. The first-order valence-electron chi connectivity index (χ1n) is 5.21. The molecule has 1 aliphatic carbocycles. The monoisotopic (exact) mass is 207 g/mol. The van der Waals surface area contributed by atoms with E-state index in [4.69, 9.17) is 15.5 Å². The van der Waals surface area contributed by atoms with Crippen molar-refractivity contribution in [1.82, 2.24) is 0 Å². The van der Waals surface area contributed by atoms with Gasteiger partial charge in [-0.05, 0) is 24.0 Å². The Hall–Kier alpha value is -0.900. The Morgan fingerprint density at radius 3 is 2.40 bits per heavy atom. The summed E-state index contributed by atoms with van der Waals surface area (Å²) in [5, 5.41) is 0. The van der Waals surface area contributed by atoms with Gasteiger partial charge in [0, 0.05) is 12.5 Å². The molecule has 1 aromatic rings. The van der Waals surface area contributed by atoms with Crippen molar-refractivity contribution < 1.29 is 9.57 Å². The van der Waals surface area contributed by atoms with E-state index >= 15 is 0 Å². The molecule has 1 fully saturated rings. The van der Waals surface area contributed by atoms with Crippen molar-refractivity contribution in [3.63, 3.8) is 0 Å². The third-order valence-corrected chi connectivity index (χ3v) is 3.09. The predicted octanol–water partition coefficient (Wildman–Crippen LogP) is 1.75. The summed E-state index contributed by atoms with van der Waals surface area (Å²) in [5.74, 6) is 5.15. The fraction of sp³-hybridized carbons (Fsp3) is 0.500.